The second-order valence-electron chi connectivity index (χ2n) is 28.9. The molecule has 0 bridgehead atoms. The van der Waals surface area contributed by atoms with Gasteiger partial charge in [-0.15, -0.1) is 0 Å². The van der Waals surface area contributed by atoms with E-state index in [-0.39, 0.29) is 16.5 Å². The molecule has 2 nitrogen and oxygen atoms in total. The van der Waals surface area contributed by atoms with Crippen molar-refractivity contribution < 1.29 is 21.2 Å². The molecule has 0 unspecified atom stereocenters. The van der Waals surface area contributed by atoms with E-state index in [0.717, 1.165) is 87.6 Å². The number of hydrogen-bond donors (Lipinski definition) is 0. The van der Waals surface area contributed by atoms with Crippen molar-refractivity contribution in [3.63, 3.8) is 0 Å². The van der Waals surface area contributed by atoms with Crippen molar-refractivity contribution in [1.82, 2.24) is 0 Å². The van der Waals surface area contributed by atoms with E-state index < -0.39 is 0 Å². The van der Waals surface area contributed by atoms with Crippen molar-refractivity contribution in [2.75, 3.05) is 0 Å². The number of benzene rings is 2. The molecule has 0 aliphatic carbocycles. The molecule has 0 aromatic heterocycles. The average molecular weight is 1340 g/mol. The number of rotatable bonds is 60. The number of hydrogen-bond acceptors (Lipinski definition) is 0. The first-order valence-corrected chi connectivity index (χ1v) is 42.1. The van der Waals surface area contributed by atoms with Gasteiger partial charge in [0.05, 0.1) is 0 Å². The summed E-state index contributed by atoms with van der Waals surface area (Å²) in [6.07, 6.45) is 78.9. The van der Waals surface area contributed by atoms with Crippen molar-refractivity contribution in [3.05, 3.63) is 99.3 Å². The molecule has 3 heteroatoms. The zero-order valence-electron chi connectivity index (χ0n) is 65.1. The van der Waals surface area contributed by atoms with Crippen LogP contribution in [-0.4, -0.2) is 4.70 Å². The van der Waals surface area contributed by atoms with Crippen LogP contribution in [0.1, 0.15) is 467 Å². The number of allylic oxidation sites excluding steroid dienone is 2. The Hall–Kier alpha value is -2.43. The van der Waals surface area contributed by atoms with E-state index in [2.05, 4.69) is 119 Å². The van der Waals surface area contributed by atoms with Gasteiger partial charge in [0.2, 0.25) is 11.4 Å². The van der Waals surface area contributed by atoms with Crippen LogP contribution in [-0.2, 0) is 55.0 Å². The molecule has 544 valence electrons. The van der Waals surface area contributed by atoms with Crippen LogP contribution < -0.4 is 0 Å². The van der Waals surface area contributed by atoms with Gasteiger partial charge >= 0.3 is 16.5 Å². The van der Waals surface area contributed by atoms with E-state index in [4.69, 9.17) is 0 Å². The van der Waals surface area contributed by atoms with Crippen LogP contribution in [0.15, 0.2) is 35.4 Å². The topological polar surface area (TPSA) is 25.3 Å². The Labute approximate surface area is 600 Å². The molecule has 0 amide bonds. The zero-order valence-corrected chi connectivity index (χ0v) is 66.1. The Bertz CT molecular complexity index is 2100. The number of unbranched alkanes of at least 4 members (excludes halogenated alkanes) is 44. The molecule has 2 aromatic rings. The van der Waals surface area contributed by atoms with Gasteiger partial charge in [-0.05, 0) is 154 Å². The summed E-state index contributed by atoms with van der Waals surface area (Å²) in [5, 5.41) is 0. The van der Waals surface area contributed by atoms with Crippen molar-refractivity contribution in [3.8, 4) is 11.8 Å². The summed E-state index contributed by atoms with van der Waals surface area (Å²) in [5.41, 5.74) is 29.4. The third-order valence-corrected chi connectivity index (χ3v) is 20.0. The number of nitrogens with zero attached hydrogens (tertiary/aromatic N) is 2. The Kier molecular flexibility index (Phi) is 66.0. The Morgan fingerprint density at radius 1 is 0.287 bits per heavy atom. The largest absolute Gasteiger partial charge is 2.00 e. The minimum absolute atomic E-state index is 0. The predicted octanol–water partition coefficient (Wildman–Crippen LogP) is 31.4. The molecule has 2 aromatic carbocycles. The molecule has 0 saturated carbocycles. The maximum Gasteiger partial charge on any atom is 2.00 e. The minimum atomic E-state index is 0. The van der Waals surface area contributed by atoms with Crippen LogP contribution in [0.3, 0.4) is 0 Å². The van der Waals surface area contributed by atoms with Crippen molar-refractivity contribution in [2.45, 2.75) is 461 Å². The molecule has 0 spiro atoms. The molecule has 1 aliphatic heterocycles. The molecule has 0 saturated heterocycles. The molecule has 0 N–H and O–H groups in total. The van der Waals surface area contributed by atoms with Gasteiger partial charge in [-0.3, -0.25) is 0 Å². The normalized spacial score (nSPS) is 12.1. The fourth-order valence-corrected chi connectivity index (χ4v) is 14.0. The monoisotopic (exact) mass is 1340 g/mol. The molecular formula is C91H160N2Ni. The molecule has 1 heterocycles. The summed E-state index contributed by atoms with van der Waals surface area (Å²) in [6, 6.07) is 10.2. The quantitative estimate of drug-likeness (QED) is 0.0207. The van der Waals surface area contributed by atoms with E-state index >= 15 is 0 Å². The molecule has 0 fully saturated rings. The maximum absolute atomic E-state index is 13.2. The molecule has 94 heavy (non-hydrogen) atoms. The second-order valence-corrected chi connectivity index (χ2v) is 28.9. The predicted molar refractivity (Wildman–Crippen MR) is 422 cm³/mol. The van der Waals surface area contributed by atoms with Gasteiger partial charge in [-0.25, -0.2) is 4.70 Å². The Morgan fingerprint density at radius 2 is 0.532 bits per heavy atom. The molecular weight excluding hydrogens is 1180 g/mol. The summed E-state index contributed by atoms with van der Waals surface area (Å²) < 4.78 is 1.68. The van der Waals surface area contributed by atoms with Crippen molar-refractivity contribution in [2.24, 2.45) is 0 Å². The first-order chi connectivity index (χ1) is 45.8. The van der Waals surface area contributed by atoms with Crippen LogP contribution in [0, 0.1) is 25.7 Å². The standard InChI is InChI=1S/C77H130N2.2C7H15.Ni/c1-9-17-25-26-27-28-29-30-31-32-33-34-35-36-37-38-39-40-41-42-43-44-45-46-53-61-75-74(58-24-16-8)76(70-62-66(54-47-18-10-2)72(59-51-22-14-6)67(63-70)55-48-19-11-3)79(78)77(75)71-64-68(56-49-20-12-4)73(60-52-23-15-7)69(65-71)57-50-21-13-5;2*1-3-5-7-6-4-2;/h62-65H,9-52,54-60H2,1-8H3;2*1,3-7H2,2H3;/q;2*-1;+2. The Morgan fingerprint density at radius 3 is 0.819 bits per heavy atom. The molecule has 3 rings (SSSR count). The van der Waals surface area contributed by atoms with Gasteiger partial charge in [-0.2, -0.15) is 12.8 Å². The van der Waals surface area contributed by atoms with E-state index in [9.17, 15) is 5.53 Å². The van der Waals surface area contributed by atoms with Crippen LogP contribution >= 0.6 is 0 Å². The first-order valence-electron chi connectivity index (χ1n) is 42.1. The average Bonchev–Trinajstić information content (AvgIpc) is 1.58. The van der Waals surface area contributed by atoms with Crippen molar-refractivity contribution in [1.29, 1.82) is 0 Å². The van der Waals surface area contributed by atoms with Gasteiger partial charge in [0.15, 0.2) is 0 Å². The molecule has 1 aliphatic rings. The fourth-order valence-electron chi connectivity index (χ4n) is 14.0. The zero-order chi connectivity index (χ0) is 67.9. The van der Waals surface area contributed by atoms with Crippen LogP contribution in [0.25, 0.3) is 16.9 Å². The summed E-state index contributed by atoms with van der Waals surface area (Å²) in [7, 11) is 0. The Balaban J connectivity index is 0.00000515. The minimum Gasteiger partial charge on any atom is -0.493 e. The van der Waals surface area contributed by atoms with Crippen LogP contribution in [0.4, 0.5) is 0 Å². The van der Waals surface area contributed by atoms with Crippen LogP contribution in [0.5, 0.6) is 0 Å². The van der Waals surface area contributed by atoms with Gasteiger partial charge in [0.25, 0.3) is 0 Å². The fraction of sp³-hybridized carbons (Fsp3) is 0.780. The van der Waals surface area contributed by atoms with E-state index in [1.54, 1.807) is 27.0 Å². The smallest absolute Gasteiger partial charge is 0.493 e. The van der Waals surface area contributed by atoms with Crippen molar-refractivity contribution >= 4 is 11.4 Å². The summed E-state index contributed by atoms with van der Waals surface area (Å²) in [6.45, 7) is 30.6. The van der Waals surface area contributed by atoms with Gasteiger partial charge in [0, 0.05) is 23.1 Å². The second kappa shape index (κ2) is 67.7. The summed E-state index contributed by atoms with van der Waals surface area (Å²) >= 11 is 0. The van der Waals surface area contributed by atoms with Gasteiger partial charge in [0.1, 0.15) is 5.57 Å². The van der Waals surface area contributed by atoms with E-state index in [1.807, 2.05) is 0 Å². The summed E-state index contributed by atoms with van der Waals surface area (Å²) in [5.74, 6) is 7.71. The number of aryl methyl sites for hydroxylation is 4. The van der Waals surface area contributed by atoms with E-state index in [1.165, 1.54) is 349 Å². The summed E-state index contributed by atoms with van der Waals surface area (Å²) in [4.78, 5) is 0. The van der Waals surface area contributed by atoms with Gasteiger partial charge in [-0.1, -0.05) is 357 Å². The van der Waals surface area contributed by atoms with E-state index in [0.29, 0.717) is 0 Å². The first kappa shape index (κ1) is 91.6. The third kappa shape index (κ3) is 43.9. The third-order valence-electron chi connectivity index (χ3n) is 20.0. The SMILES string of the molecule is CCCCCCCCCCCCCCCCCCCCCCCCCC#CC1=C(c2cc(CCCCC)c(CCCCC)c(CCCCC)c2)[N+](=[N-])C(c2cc(CCCCC)c(CCCCC)c(CCCCC)c2)=C1CCCC.[CH2-]CCCCCC.[CH2-]CCCCCC.[Ni+2]. The van der Waals surface area contributed by atoms with Crippen LogP contribution in [0.2, 0.25) is 0 Å². The maximum atomic E-state index is 13.2. The molecule has 0 radical (unpaired) electrons. The van der Waals surface area contributed by atoms with Gasteiger partial charge < -0.3 is 19.4 Å². The molecule has 0 atom stereocenters.